The summed E-state index contributed by atoms with van der Waals surface area (Å²) in [5.41, 5.74) is 7.30. The highest BCUT2D eigenvalue weighted by Crippen LogP contribution is 2.24. The first-order valence-corrected chi connectivity index (χ1v) is 6.65. The van der Waals surface area contributed by atoms with Crippen LogP contribution < -0.4 is 16.0 Å². The van der Waals surface area contributed by atoms with Crippen LogP contribution in [-0.2, 0) is 13.5 Å². The Morgan fingerprint density at radius 3 is 2.60 bits per heavy atom. The van der Waals surface area contributed by atoms with Crippen molar-refractivity contribution >= 4 is 0 Å². The average Bonchev–Trinajstić information content (AvgIpc) is 2.74. The van der Waals surface area contributed by atoms with Crippen molar-refractivity contribution in [1.29, 1.82) is 0 Å². The first-order valence-electron chi connectivity index (χ1n) is 6.65. The van der Waals surface area contributed by atoms with E-state index in [0.717, 1.165) is 34.7 Å². The van der Waals surface area contributed by atoms with Gasteiger partial charge < -0.3 is 4.74 Å². The van der Waals surface area contributed by atoms with Gasteiger partial charge >= 0.3 is 0 Å². The lowest BCUT2D eigenvalue weighted by molar-refractivity contribution is 0.411. The third-order valence-electron chi connectivity index (χ3n) is 3.53. The Hall–Kier alpha value is -1.85. The Labute approximate surface area is 119 Å². The molecule has 1 aromatic heterocycles. The summed E-state index contributed by atoms with van der Waals surface area (Å²) in [5.74, 6) is 6.61. The summed E-state index contributed by atoms with van der Waals surface area (Å²) in [7, 11) is 3.63. The molecule has 2 aromatic rings. The zero-order valence-corrected chi connectivity index (χ0v) is 12.5. The Morgan fingerprint density at radius 1 is 1.35 bits per heavy atom. The van der Waals surface area contributed by atoms with E-state index < -0.39 is 0 Å². The maximum absolute atomic E-state index is 5.72. The average molecular weight is 274 g/mol. The highest BCUT2D eigenvalue weighted by molar-refractivity contribution is 5.37. The van der Waals surface area contributed by atoms with E-state index in [4.69, 9.17) is 10.6 Å². The quantitative estimate of drug-likeness (QED) is 0.644. The number of nitrogens with two attached hydrogens (primary N) is 1. The molecular formula is C15H22N4O. The van der Waals surface area contributed by atoms with Crippen molar-refractivity contribution < 1.29 is 4.74 Å². The fourth-order valence-electron chi connectivity index (χ4n) is 2.46. The van der Waals surface area contributed by atoms with Crippen LogP contribution in [0, 0.1) is 13.8 Å². The molecule has 2 rings (SSSR count). The van der Waals surface area contributed by atoms with E-state index in [2.05, 4.69) is 22.7 Å². The van der Waals surface area contributed by atoms with Crippen LogP contribution >= 0.6 is 0 Å². The Kier molecular flexibility index (Phi) is 4.42. The van der Waals surface area contributed by atoms with Gasteiger partial charge in [0.05, 0.1) is 18.8 Å². The van der Waals surface area contributed by atoms with Crippen LogP contribution in [0.15, 0.2) is 24.3 Å². The maximum Gasteiger partial charge on any atom is 0.121 e. The molecule has 5 nitrogen and oxygen atoms in total. The molecule has 0 radical (unpaired) electrons. The number of hydrazine groups is 1. The predicted molar refractivity (Wildman–Crippen MR) is 79.4 cm³/mol. The lowest BCUT2D eigenvalue weighted by Crippen LogP contribution is -2.30. The van der Waals surface area contributed by atoms with Crippen molar-refractivity contribution in [2.75, 3.05) is 7.11 Å². The first kappa shape index (κ1) is 14.6. The molecule has 20 heavy (non-hydrogen) atoms. The minimum atomic E-state index is 0.0504. The molecule has 0 fully saturated rings. The summed E-state index contributed by atoms with van der Waals surface area (Å²) in [5, 5.41) is 4.37. The number of ether oxygens (including phenoxy) is 1. The molecule has 0 aliphatic heterocycles. The Balaban J connectivity index is 2.24. The number of methoxy groups -OCH3 is 1. The van der Waals surface area contributed by atoms with Gasteiger partial charge in [-0.05, 0) is 37.1 Å². The Bertz CT molecular complexity index is 592. The van der Waals surface area contributed by atoms with Crippen molar-refractivity contribution in [1.82, 2.24) is 15.2 Å². The van der Waals surface area contributed by atoms with Gasteiger partial charge in [0.2, 0.25) is 0 Å². The van der Waals surface area contributed by atoms with Crippen LogP contribution in [0.25, 0.3) is 0 Å². The normalized spacial score (nSPS) is 12.4. The molecule has 108 valence electrons. The zero-order valence-electron chi connectivity index (χ0n) is 12.5. The zero-order chi connectivity index (χ0) is 14.7. The van der Waals surface area contributed by atoms with E-state index in [9.17, 15) is 0 Å². The van der Waals surface area contributed by atoms with Crippen molar-refractivity contribution in [3.05, 3.63) is 46.8 Å². The highest BCUT2D eigenvalue weighted by Gasteiger charge is 2.14. The molecule has 0 saturated heterocycles. The molecule has 5 heteroatoms. The summed E-state index contributed by atoms with van der Waals surface area (Å²) >= 11 is 0. The van der Waals surface area contributed by atoms with Crippen LogP contribution in [0.2, 0.25) is 0 Å². The second kappa shape index (κ2) is 6.07. The molecule has 0 spiro atoms. The van der Waals surface area contributed by atoms with Crippen LogP contribution in [0.3, 0.4) is 0 Å². The molecule has 1 aromatic carbocycles. The van der Waals surface area contributed by atoms with Crippen LogP contribution in [0.4, 0.5) is 0 Å². The largest absolute Gasteiger partial charge is 0.496 e. The van der Waals surface area contributed by atoms with E-state index in [1.54, 1.807) is 7.11 Å². The number of rotatable bonds is 5. The second-order valence-electron chi connectivity index (χ2n) is 5.05. The topological polar surface area (TPSA) is 65.1 Å². The summed E-state index contributed by atoms with van der Waals surface area (Å²) in [4.78, 5) is 0. The SMILES string of the molecule is COc1ccc(C(Cc2cc(C)nn2C)NN)cc1C. The number of aryl methyl sites for hydroxylation is 3. The Morgan fingerprint density at radius 2 is 2.10 bits per heavy atom. The van der Waals surface area contributed by atoms with Gasteiger partial charge in [-0.3, -0.25) is 16.0 Å². The number of hydrogen-bond acceptors (Lipinski definition) is 4. The summed E-state index contributed by atoms with van der Waals surface area (Å²) < 4.78 is 7.19. The number of aromatic nitrogens is 2. The van der Waals surface area contributed by atoms with E-state index in [1.165, 1.54) is 0 Å². The molecule has 3 N–H and O–H groups in total. The minimum absolute atomic E-state index is 0.0504. The molecule has 0 saturated carbocycles. The van der Waals surface area contributed by atoms with Crippen molar-refractivity contribution in [3.63, 3.8) is 0 Å². The minimum Gasteiger partial charge on any atom is -0.496 e. The third-order valence-corrected chi connectivity index (χ3v) is 3.53. The number of hydrogen-bond donors (Lipinski definition) is 2. The second-order valence-corrected chi connectivity index (χ2v) is 5.05. The lowest BCUT2D eigenvalue weighted by Gasteiger charge is -2.18. The lowest BCUT2D eigenvalue weighted by atomic mass is 10.00. The van der Waals surface area contributed by atoms with Gasteiger partial charge in [0.1, 0.15) is 5.75 Å². The van der Waals surface area contributed by atoms with Crippen LogP contribution in [0.1, 0.15) is 28.6 Å². The van der Waals surface area contributed by atoms with Gasteiger partial charge in [-0.2, -0.15) is 5.10 Å². The van der Waals surface area contributed by atoms with E-state index in [1.807, 2.05) is 37.7 Å². The molecule has 0 aliphatic carbocycles. The molecular weight excluding hydrogens is 252 g/mol. The van der Waals surface area contributed by atoms with Gasteiger partial charge in [-0.1, -0.05) is 12.1 Å². The predicted octanol–water partition coefficient (Wildman–Crippen LogP) is 1.79. The van der Waals surface area contributed by atoms with E-state index >= 15 is 0 Å². The van der Waals surface area contributed by atoms with Gasteiger partial charge in [0.15, 0.2) is 0 Å². The number of benzene rings is 1. The third kappa shape index (κ3) is 3.00. The molecule has 1 heterocycles. The summed E-state index contributed by atoms with van der Waals surface area (Å²) in [6.07, 6.45) is 0.791. The van der Waals surface area contributed by atoms with Crippen LogP contribution in [-0.4, -0.2) is 16.9 Å². The fraction of sp³-hybridized carbons (Fsp3) is 0.400. The molecule has 0 bridgehead atoms. The molecule has 0 aliphatic rings. The highest BCUT2D eigenvalue weighted by atomic mass is 16.5. The molecule has 0 amide bonds. The van der Waals surface area contributed by atoms with E-state index in [-0.39, 0.29) is 6.04 Å². The monoisotopic (exact) mass is 274 g/mol. The van der Waals surface area contributed by atoms with Crippen molar-refractivity contribution in [3.8, 4) is 5.75 Å². The van der Waals surface area contributed by atoms with Gasteiger partial charge in [0, 0.05) is 19.2 Å². The summed E-state index contributed by atoms with van der Waals surface area (Å²) in [6, 6.07) is 8.26. The van der Waals surface area contributed by atoms with E-state index in [0.29, 0.717) is 0 Å². The van der Waals surface area contributed by atoms with Gasteiger partial charge in [-0.15, -0.1) is 0 Å². The molecule has 1 unspecified atom stereocenters. The maximum atomic E-state index is 5.72. The summed E-state index contributed by atoms with van der Waals surface area (Å²) in [6.45, 7) is 4.02. The molecule has 1 atom stereocenters. The van der Waals surface area contributed by atoms with Gasteiger partial charge in [0.25, 0.3) is 0 Å². The first-order chi connectivity index (χ1) is 9.55. The smallest absolute Gasteiger partial charge is 0.121 e. The van der Waals surface area contributed by atoms with Gasteiger partial charge in [-0.25, -0.2) is 0 Å². The van der Waals surface area contributed by atoms with Crippen LogP contribution in [0.5, 0.6) is 5.75 Å². The fourth-order valence-corrected chi connectivity index (χ4v) is 2.46. The van der Waals surface area contributed by atoms with Crippen molar-refractivity contribution in [2.45, 2.75) is 26.3 Å². The standard InChI is InChI=1S/C15H22N4O/c1-10-7-12(5-6-15(10)20-4)14(17-16)9-13-8-11(2)18-19(13)3/h5-8,14,17H,9,16H2,1-4H3. The number of nitrogens with one attached hydrogen (secondary N) is 1. The number of nitrogens with zero attached hydrogens (tertiary/aromatic N) is 2. The van der Waals surface area contributed by atoms with Crippen molar-refractivity contribution in [2.24, 2.45) is 12.9 Å².